The number of hydrogen-bond donors (Lipinski definition) is 1. The number of esters is 1. The molecule has 2 aliphatic heterocycles. The van der Waals surface area contributed by atoms with Gasteiger partial charge in [-0.1, -0.05) is 54.0 Å². The van der Waals surface area contributed by atoms with Crippen molar-refractivity contribution in [3.63, 3.8) is 0 Å². The topological polar surface area (TPSA) is 129 Å². The van der Waals surface area contributed by atoms with E-state index in [2.05, 4.69) is 21.9 Å². The van der Waals surface area contributed by atoms with Crippen LogP contribution in [0.15, 0.2) is 30.9 Å². The van der Waals surface area contributed by atoms with Crippen molar-refractivity contribution < 1.29 is 42.1 Å². The first kappa shape index (κ1) is 39.2. The molecule has 0 spiro atoms. The summed E-state index contributed by atoms with van der Waals surface area (Å²) in [6, 6.07) is 2.59. The number of ether oxygens (including phenoxy) is 4. The maximum absolute atomic E-state index is 16.3. The van der Waals surface area contributed by atoms with Gasteiger partial charge in [0.05, 0.1) is 31.3 Å². The minimum Gasteiger partial charge on any atom is -0.497 e. The van der Waals surface area contributed by atoms with Crippen LogP contribution in [0.5, 0.6) is 11.6 Å². The smallest absolute Gasteiger partial charge is 0.408 e. The number of hydrogen-bond acceptors (Lipinski definition) is 9. The zero-order valence-corrected chi connectivity index (χ0v) is 31.5. The lowest BCUT2D eigenvalue weighted by atomic mass is 9.85. The third-order valence-corrected chi connectivity index (χ3v) is 10.5. The highest BCUT2D eigenvalue weighted by atomic mass is 19.3. The fraction of sp³-hybridized carbons (Fsp3) is 0.667. The molecule has 13 heteroatoms. The molecule has 2 amide bonds. The van der Waals surface area contributed by atoms with E-state index < -0.39 is 71.6 Å². The molecule has 1 aromatic carbocycles. The number of allylic oxidation sites excluding steroid dienone is 1. The van der Waals surface area contributed by atoms with Crippen LogP contribution in [0.4, 0.5) is 13.6 Å². The lowest BCUT2D eigenvalue weighted by molar-refractivity contribution is -0.157. The van der Waals surface area contributed by atoms with E-state index >= 15 is 8.78 Å². The fourth-order valence-corrected chi connectivity index (χ4v) is 7.70. The quantitative estimate of drug-likeness (QED) is 0.242. The largest absolute Gasteiger partial charge is 0.497 e. The number of alkyl carbamates (subject to hydrolysis) is 1. The Morgan fingerprint density at radius 1 is 1.13 bits per heavy atom. The van der Waals surface area contributed by atoms with Gasteiger partial charge >= 0.3 is 12.1 Å². The predicted octanol–water partition coefficient (Wildman–Crippen LogP) is 7.21. The number of carbonyl (C=O) groups is 3. The van der Waals surface area contributed by atoms with Gasteiger partial charge in [-0.05, 0) is 67.4 Å². The van der Waals surface area contributed by atoms with Crippen molar-refractivity contribution in [2.45, 2.75) is 117 Å². The average Bonchev–Trinajstić information content (AvgIpc) is 3.66. The number of rotatable bonds is 6. The number of benzene rings is 1. The van der Waals surface area contributed by atoms with Gasteiger partial charge in [0.15, 0.2) is 5.69 Å². The Labute approximate surface area is 305 Å². The number of nitrogens with zero attached hydrogens (tertiary/aromatic N) is 3. The van der Waals surface area contributed by atoms with Crippen LogP contribution >= 0.6 is 0 Å². The van der Waals surface area contributed by atoms with Gasteiger partial charge < -0.3 is 29.2 Å². The van der Waals surface area contributed by atoms with Gasteiger partial charge in [-0.2, -0.15) is 8.78 Å². The lowest BCUT2D eigenvalue weighted by Gasteiger charge is -2.35. The third-order valence-electron chi connectivity index (χ3n) is 10.5. The molecule has 1 aliphatic carbocycles. The highest BCUT2D eigenvalue weighted by Gasteiger charge is 2.53. The second kappa shape index (κ2) is 15.9. The number of halogens is 2. The number of alkyl halides is 2. The summed E-state index contributed by atoms with van der Waals surface area (Å²) in [4.78, 5) is 52.4. The van der Waals surface area contributed by atoms with Crippen LogP contribution in [0.25, 0.3) is 11.0 Å². The third kappa shape index (κ3) is 8.60. The maximum atomic E-state index is 16.3. The summed E-state index contributed by atoms with van der Waals surface area (Å²) in [6.45, 7) is 15.0. The first-order chi connectivity index (χ1) is 24.6. The number of fused-ring (bicyclic) bond motifs is 5. The van der Waals surface area contributed by atoms with Gasteiger partial charge in [0, 0.05) is 18.4 Å². The standard InChI is InChI=1S/C39H54F2N4O7/c1-9-23-17-24-13-11-12-16-39(40,41)32-34(43-28-19-25(49-8)14-15-27(28)42-32)51-30-20-45(31(26(30)10-2)36(47)50-21-22(3)4)35(46)33(38(5,6)7)44-37(48)52-29(24)18-23/h9,14-15,19,22-24,26,29-31,33H,1,10-13,16-18,20-21H2,2-8H3,(H,44,48). The van der Waals surface area contributed by atoms with Crippen molar-refractivity contribution in [1.29, 1.82) is 0 Å². The van der Waals surface area contributed by atoms with Gasteiger partial charge in [0.1, 0.15) is 30.0 Å². The maximum Gasteiger partial charge on any atom is 0.408 e. The molecule has 11 nitrogen and oxygen atoms in total. The van der Waals surface area contributed by atoms with E-state index in [4.69, 9.17) is 18.9 Å². The van der Waals surface area contributed by atoms with Gasteiger partial charge in [0.25, 0.3) is 5.92 Å². The van der Waals surface area contributed by atoms with Crippen molar-refractivity contribution >= 4 is 29.0 Å². The van der Waals surface area contributed by atoms with Crippen molar-refractivity contribution in [2.24, 2.45) is 29.1 Å². The molecule has 5 rings (SSSR count). The minimum atomic E-state index is -3.42. The molecular weight excluding hydrogens is 674 g/mol. The number of aromatic nitrogens is 2. The van der Waals surface area contributed by atoms with Crippen LogP contribution in [0, 0.1) is 29.1 Å². The lowest BCUT2D eigenvalue weighted by Crippen LogP contribution is -2.57. The van der Waals surface area contributed by atoms with Crippen molar-refractivity contribution in [3.05, 3.63) is 36.5 Å². The van der Waals surface area contributed by atoms with Gasteiger partial charge in [-0.15, -0.1) is 6.58 Å². The van der Waals surface area contributed by atoms with Gasteiger partial charge in [-0.25, -0.2) is 19.6 Å². The number of nitrogens with one attached hydrogen (secondary N) is 1. The zero-order chi connectivity index (χ0) is 38.0. The Hall–Kier alpha value is -4.03. The molecule has 52 heavy (non-hydrogen) atoms. The Morgan fingerprint density at radius 2 is 1.88 bits per heavy atom. The Morgan fingerprint density at radius 3 is 2.54 bits per heavy atom. The second-order valence-corrected chi connectivity index (χ2v) is 16.0. The van der Waals surface area contributed by atoms with Gasteiger partial charge in [-0.3, -0.25) is 4.79 Å². The molecule has 3 aliphatic rings. The van der Waals surface area contributed by atoms with E-state index in [0.717, 1.165) is 0 Å². The van der Waals surface area contributed by atoms with Crippen molar-refractivity contribution in [2.75, 3.05) is 20.3 Å². The van der Waals surface area contributed by atoms with E-state index in [1.807, 2.05) is 47.6 Å². The summed E-state index contributed by atoms with van der Waals surface area (Å²) in [6.07, 6.45) is 2.02. The van der Waals surface area contributed by atoms with E-state index in [-0.39, 0.29) is 48.7 Å². The highest BCUT2D eigenvalue weighted by molar-refractivity contribution is 5.91. The van der Waals surface area contributed by atoms with E-state index in [1.54, 1.807) is 18.2 Å². The SMILES string of the molecule is C=CC1CC2CCCCC(F)(F)c3nc4ccc(OC)cc4nc3OC3CN(C(=O)C(C(C)(C)C)NC(=O)OC2C1)C(C(=O)OCC(C)C)C3CC. The average molecular weight is 729 g/mol. The molecule has 2 aromatic rings. The van der Waals surface area contributed by atoms with Crippen LogP contribution in [0.2, 0.25) is 0 Å². The molecule has 2 bridgehead atoms. The predicted molar refractivity (Wildman–Crippen MR) is 191 cm³/mol. The molecule has 7 atom stereocenters. The van der Waals surface area contributed by atoms with Crippen LogP contribution in [0.3, 0.4) is 0 Å². The monoisotopic (exact) mass is 728 g/mol. The summed E-state index contributed by atoms with van der Waals surface area (Å²) in [7, 11) is 1.49. The molecule has 1 N–H and O–H groups in total. The summed E-state index contributed by atoms with van der Waals surface area (Å²) in [5, 5.41) is 2.83. The summed E-state index contributed by atoms with van der Waals surface area (Å²) < 4.78 is 56.1. The first-order valence-corrected chi connectivity index (χ1v) is 18.5. The first-order valence-electron chi connectivity index (χ1n) is 18.5. The highest BCUT2D eigenvalue weighted by Crippen LogP contribution is 2.43. The zero-order valence-electron chi connectivity index (χ0n) is 31.5. The molecule has 1 saturated heterocycles. The summed E-state index contributed by atoms with van der Waals surface area (Å²) >= 11 is 0. The van der Waals surface area contributed by atoms with Crippen LogP contribution < -0.4 is 14.8 Å². The number of methoxy groups -OCH3 is 1. The number of amides is 2. The van der Waals surface area contributed by atoms with Crippen molar-refractivity contribution in [1.82, 2.24) is 20.2 Å². The molecule has 286 valence electrons. The summed E-state index contributed by atoms with van der Waals surface area (Å²) in [5.41, 5.74) is -0.859. The van der Waals surface area contributed by atoms with Crippen molar-refractivity contribution in [3.8, 4) is 11.6 Å². The fourth-order valence-electron chi connectivity index (χ4n) is 7.70. The van der Waals surface area contributed by atoms with Gasteiger partial charge in [0.2, 0.25) is 11.8 Å². The van der Waals surface area contributed by atoms with Crippen LogP contribution in [-0.4, -0.2) is 77.4 Å². The Bertz CT molecular complexity index is 1630. The van der Waals surface area contributed by atoms with Crippen LogP contribution in [-0.2, 0) is 25.0 Å². The Kier molecular flexibility index (Phi) is 12.0. The minimum absolute atomic E-state index is 0.0257. The van der Waals surface area contributed by atoms with E-state index in [9.17, 15) is 14.4 Å². The molecule has 0 radical (unpaired) electrons. The molecule has 1 saturated carbocycles. The molecular formula is C39H54F2N4O7. The van der Waals surface area contributed by atoms with Crippen LogP contribution in [0.1, 0.15) is 92.2 Å². The molecule has 1 aromatic heterocycles. The number of carbonyl (C=O) groups excluding carboxylic acids is 3. The second-order valence-electron chi connectivity index (χ2n) is 16.0. The normalized spacial score (nSPS) is 28.5. The summed E-state index contributed by atoms with van der Waals surface area (Å²) in [5.74, 6) is -5.07. The molecule has 2 fully saturated rings. The van der Waals surface area contributed by atoms with E-state index in [0.29, 0.717) is 43.4 Å². The Balaban J connectivity index is 1.62. The molecule has 7 unspecified atom stereocenters. The molecule has 3 heterocycles. The van der Waals surface area contributed by atoms with E-state index in [1.165, 1.54) is 12.0 Å².